The number of hydrogen-bond donors (Lipinski definition) is 1. The second-order valence-electron chi connectivity index (χ2n) is 5.64. The monoisotopic (exact) mass is 352 g/mol. The van der Waals surface area contributed by atoms with Crippen LogP contribution in [0.25, 0.3) is 0 Å². The quantitative estimate of drug-likeness (QED) is 0.903. The predicted molar refractivity (Wildman–Crippen MR) is 78.3 cm³/mol. The molecule has 2 N–H and O–H groups in total. The van der Waals surface area contributed by atoms with E-state index >= 15 is 0 Å². The Bertz CT molecular complexity index is 630. The predicted octanol–water partition coefficient (Wildman–Crippen LogP) is 2.33. The van der Waals surface area contributed by atoms with Crippen molar-refractivity contribution < 1.29 is 26.3 Å². The Morgan fingerprint density at radius 2 is 1.91 bits per heavy atom. The zero-order valence-electron chi connectivity index (χ0n) is 12.6. The fraction of sp³-hybridized carbons (Fsp3) is 0.571. The van der Waals surface area contributed by atoms with E-state index in [4.69, 9.17) is 5.73 Å². The van der Waals surface area contributed by atoms with Crippen molar-refractivity contribution in [2.24, 2.45) is 11.7 Å². The molecule has 1 aliphatic heterocycles. The summed E-state index contributed by atoms with van der Waals surface area (Å²) >= 11 is 0. The first-order chi connectivity index (χ1) is 10.6. The number of piperidine rings is 1. The van der Waals surface area contributed by atoms with Gasteiger partial charge in [0.25, 0.3) is 0 Å². The zero-order valence-corrected chi connectivity index (χ0v) is 13.4. The summed E-state index contributed by atoms with van der Waals surface area (Å²) in [5.74, 6) is -0.380. The molecule has 0 aliphatic carbocycles. The van der Waals surface area contributed by atoms with Crippen molar-refractivity contribution in [1.29, 1.82) is 0 Å². The maximum absolute atomic E-state index is 12.6. The topological polar surface area (TPSA) is 72.6 Å². The summed E-state index contributed by atoms with van der Waals surface area (Å²) in [4.78, 5) is -0.0580. The van der Waals surface area contributed by atoms with Crippen molar-refractivity contribution in [2.75, 3.05) is 13.1 Å². The second-order valence-corrected chi connectivity index (χ2v) is 7.58. The number of rotatable bonds is 4. The Kier molecular flexibility index (Phi) is 5.22. The molecule has 9 heteroatoms. The largest absolute Gasteiger partial charge is 0.573 e. The third-order valence-corrected chi connectivity index (χ3v) is 5.74. The van der Waals surface area contributed by atoms with Gasteiger partial charge in [0.15, 0.2) is 0 Å². The minimum atomic E-state index is -4.81. The molecule has 1 fully saturated rings. The number of halogens is 3. The molecule has 0 aromatic heterocycles. The van der Waals surface area contributed by atoms with Crippen molar-refractivity contribution in [2.45, 2.75) is 37.1 Å². The molecule has 1 aliphatic rings. The summed E-state index contributed by atoms with van der Waals surface area (Å²) in [6, 6.07) is 4.11. The van der Waals surface area contributed by atoms with Crippen molar-refractivity contribution in [3.05, 3.63) is 24.3 Å². The highest BCUT2D eigenvalue weighted by Crippen LogP contribution is 2.27. The summed E-state index contributed by atoms with van der Waals surface area (Å²) < 4.78 is 66.6. The average Bonchev–Trinajstić information content (AvgIpc) is 2.46. The van der Waals surface area contributed by atoms with Gasteiger partial charge in [0.1, 0.15) is 5.75 Å². The van der Waals surface area contributed by atoms with Crippen LogP contribution in [0.3, 0.4) is 0 Å². The number of alkyl halides is 3. The van der Waals surface area contributed by atoms with Gasteiger partial charge in [-0.15, -0.1) is 13.2 Å². The highest BCUT2D eigenvalue weighted by atomic mass is 32.2. The molecule has 130 valence electrons. The molecule has 1 heterocycles. The normalized spacial score (nSPS) is 21.9. The van der Waals surface area contributed by atoms with Gasteiger partial charge in [0, 0.05) is 19.1 Å². The highest BCUT2D eigenvalue weighted by molar-refractivity contribution is 7.89. The summed E-state index contributed by atoms with van der Waals surface area (Å²) in [7, 11) is -3.75. The Hall–Kier alpha value is -1.32. The van der Waals surface area contributed by atoms with Crippen LogP contribution in [-0.2, 0) is 10.0 Å². The van der Waals surface area contributed by atoms with E-state index in [1.54, 1.807) is 0 Å². The van der Waals surface area contributed by atoms with Crippen LogP contribution in [0.4, 0.5) is 13.2 Å². The fourth-order valence-electron chi connectivity index (χ4n) is 2.58. The molecule has 2 rings (SSSR count). The minimum Gasteiger partial charge on any atom is -0.406 e. The molecule has 0 amide bonds. The smallest absolute Gasteiger partial charge is 0.406 e. The van der Waals surface area contributed by atoms with E-state index in [1.807, 2.05) is 6.92 Å². The standard InChI is InChI=1S/C14H19F3N2O3S/c1-10(18)11-3-2-8-19(9-11)23(20,21)13-6-4-12(5-7-13)22-14(15,16)17/h4-7,10-11H,2-3,8-9,18H2,1H3/t10-,11-/m0/s1. The maximum Gasteiger partial charge on any atom is 0.573 e. The molecule has 23 heavy (non-hydrogen) atoms. The number of nitrogens with zero attached hydrogens (tertiary/aromatic N) is 1. The van der Waals surface area contributed by atoms with Gasteiger partial charge < -0.3 is 10.5 Å². The van der Waals surface area contributed by atoms with Crippen molar-refractivity contribution >= 4 is 10.0 Å². The van der Waals surface area contributed by atoms with Gasteiger partial charge in [-0.25, -0.2) is 8.42 Å². The number of sulfonamides is 1. The average molecular weight is 352 g/mol. The molecule has 0 spiro atoms. The van der Waals surface area contributed by atoms with E-state index in [0.29, 0.717) is 19.5 Å². The van der Waals surface area contributed by atoms with E-state index in [-0.39, 0.29) is 16.9 Å². The van der Waals surface area contributed by atoms with Crippen LogP contribution in [0.15, 0.2) is 29.2 Å². The fourth-order valence-corrected chi connectivity index (χ4v) is 4.12. The van der Waals surface area contributed by atoms with Crippen molar-refractivity contribution in [3.8, 4) is 5.75 Å². The van der Waals surface area contributed by atoms with Gasteiger partial charge in [0.05, 0.1) is 4.90 Å². The Morgan fingerprint density at radius 3 is 2.43 bits per heavy atom. The molecule has 0 unspecified atom stereocenters. The van der Waals surface area contributed by atoms with Crippen molar-refractivity contribution in [3.63, 3.8) is 0 Å². The highest BCUT2D eigenvalue weighted by Gasteiger charge is 2.33. The Labute approximate surface area is 133 Å². The lowest BCUT2D eigenvalue weighted by Gasteiger charge is -2.33. The number of hydrogen-bond acceptors (Lipinski definition) is 4. The van der Waals surface area contributed by atoms with Gasteiger partial charge in [-0.1, -0.05) is 0 Å². The lowest BCUT2D eigenvalue weighted by Crippen LogP contribution is -2.44. The van der Waals surface area contributed by atoms with E-state index in [0.717, 1.165) is 30.7 Å². The van der Waals surface area contributed by atoms with Gasteiger partial charge in [-0.2, -0.15) is 4.31 Å². The number of nitrogens with two attached hydrogens (primary N) is 1. The molecule has 5 nitrogen and oxygen atoms in total. The van der Waals surface area contributed by atoms with Gasteiger partial charge in [-0.3, -0.25) is 0 Å². The summed E-state index contributed by atoms with van der Waals surface area (Å²) in [5.41, 5.74) is 5.85. The maximum atomic E-state index is 12.6. The van der Waals surface area contributed by atoms with E-state index in [9.17, 15) is 21.6 Å². The lowest BCUT2D eigenvalue weighted by molar-refractivity contribution is -0.274. The van der Waals surface area contributed by atoms with Crippen LogP contribution >= 0.6 is 0 Å². The van der Waals surface area contributed by atoms with Crippen LogP contribution in [-0.4, -0.2) is 38.2 Å². The van der Waals surface area contributed by atoms with Crippen LogP contribution in [0.5, 0.6) is 5.75 Å². The van der Waals surface area contributed by atoms with Gasteiger partial charge >= 0.3 is 6.36 Å². The molecule has 1 saturated heterocycles. The first-order valence-electron chi connectivity index (χ1n) is 7.21. The Morgan fingerprint density at radius 1 is 1.30 bits per heavy atom. The Balaban J connectivity index is 2.16. The number of ether oxygens (including phenoxy) is 1. The molecule has 1 aromatic rings. The molecule has 0 radical (unpaired) electrons. The summed E-state index contributed by atoms with van der Waals surface area (Å²) in [6.07, 6.45) is -3.24. The van der Waals surface area contributed by atoms with Crippen LogP contribution in [0.1, 0.15) is 19.8 Å². The third kappa shape index (κ3) is 4.58. The summed E-state index contributed by atoms with van der Waals surface area (Å²) in [5, 5.41) is 0. The van der Waals surface area contributed by atoms with Crippen LogP contribution < -0.4 is 10.5 Å². The van der Waals surface area contributed by atoms with Crippen LogP contribution in [0.2, 0.25) is 0 Å². The van der Waals surface area contributed by atoms with E-state index in [1.165, 1.54) is 4.31 Å². The van der Waals surface area contributed by atoms with E-state index < -0.39 is 22.1 Å². The molecular formula is C14H19F3N2O3S. The first-order valence-corrected chi connectivity index (χ1v) is 8.65. The number of benzene rings is 1. The minimum absolute atomic E-state index is 0.0580. The zero-order chi connectivity index (χ0) is 17.3. The molecule has 1 aromatic carbocycles. The second kappa shape index (κ2) is 6.66. The lowest BCUT2D eigenvalue weighted by atomic mass is 9.93. The van der Waals surface area contributed by atoms with Crippen molar-refractivity contribution in [1.82, 2.24) is 4.31 Å². The van der Waals surface area contributed by atoms with E-state index in [2.05, 4.69) is 4.74 Å². The van der Waals surface area contributed by atoms with Crippen LogP contribution in [0, 0.1) is 5.92 Å². The summed E-state index contributed by atoms with van der Waals surface area (Å²) in [6.45, 7) is 2.54. The van der Waals surface area contributed by atoms with Gasteiger partial charge in [-0.05, 0) is 49.9 Å². The first kappa shape index (κ1) is 18.0. The molecule has 2 atom stereocenters. The SMILES string of the molecule is C[C@H](N)[C@H]1CCCN(S(=O)(=O)c2ccc(OC(F)(F)F)cc2)C1. The third-order valence-electron chi connectivity index (χ3n) is 3.86. The molecular weight excluding hydrogens is 333 g/mol. The molecule has 0 bridgehead atoms. The molecule has 0 saturated carbocycles. The van der Waals surface area contributed by atoms with Gasteiger partial charge in [0.2, 0.25) is 10.0 Å².